The summed E-state index contributed by atoms with van der Waals surface area (Å²) < 4.78 is 5.96. The lowest BCUT2D eigenvalue weighted by molar-refractivity contribution is -0.215. The lowest BCUT2D eigenvalue weighted by Gasteiger charge is -2.65. The fourth-order valence-corrected chi connectivity index (χ4v) is 10.8. The lowest BCUT2D eigenvalue weighted by atomic mass is 9.40. The molecule has 0 amide bonds. The van der Waals surface area contributed by atoms with E-state index in [1.54, 1.807) is 0 Å². The number of aliphatic hydroxyl groups is 2. The molecule has 3 saturated heterocycles. The topological polar surface area (TPSA) is 70.0 Å². The Morgan fingerprint density at radius 3 is 2.81 bits per heavy atom. The van der Waals surface area contributed by atoms with Crippen molar-refractivity contribution in [1.29, 1.82) is 0 Å². The molecule has 0 aromatic carbocycles. The van der Waals surface area contributed by atoms with Crippen LogP contribution >= 0.6 is 0 Å². The maximum Gasteiger partial charge on any atom is 0.302 e. The molecule has 0 aromatic heterocycles. The molecule has 27 heavy (non-hydrogen) atoms. The maximum absolute atomic E-state index is 12.0. The van der Waals surface area contributed by atoms with Crippen LogP contribution in [0.5, 0.6) is 0 Å². The van der Waals surface area contributed by atoms with Crippen LogP contribution in [-0.2, 0) is 9.53 Å². The molecule has 2 N–H and O–H groups in total. The maximum atomic E-state index is 12.0. The third-order valence-electron chi connectivity index (χ3n) is 10.8. The summed E-state index contributed by atoms with van der Waals surface area (Å²) in [6.07, 6.45) is 4.37. The molecule has 5 nitrogen and oxygen atoms in total. The first-order chi connectivity index (χ1) is 12.8. The predicted octanol–water partition coefficient (Wildman–Crippen LogP) is 1.68. The van der Waals surface area contributed by atoms with E-state index in [1.807, 2.05) is 0 Å². The highest BCUT2D eigenvalue weighted by Gasteiger charge is 2.91. The average molecular weight is 371 g/mol. The predicted molar refractivity (Wildman–Crippen MR) is 96.1 cm³/mol. The molecule has 13 atom stereocenters. The van der Waals surface area contributed by atoms with E-state index >= 15 is 0 Å². The highest BCUT2D eigenvalue weighted by atomic mass is 16.5. The summed E-state index contributed by atoms with van der Waals surface area (Å²) in [6, 6.07) is 0.629. The van der Waals surface area contributed by atoms with Crippen LogP contribution in [0.25, 0.3) is 0 Å². The van der Waals surface area contributed by atoms with Gasteiger partial charge in [0.1, 0.15) is 12.3 Å². The molecule has 5 heteroatoms. The monoisotopic (exact) mass is 371 g/mol. The van der Waals surface area contributed by atoms with Gasteiger partial charge in [0.05, 0.1) is 6.10 Å². The van der Waals surface area contributed by atoms with Gasteiger partial charge in [0, 0.05) is 41.7 Å². The van der Waals surface area contributed by atoms with Crippen LogP contribution in [0.3, 0.4) is 0 Å². The molecule has 0 radical (unpaired) electrons. The van der Waals surface area contributed by atoms with E-state index in [0.717, 1.165) is 24.8 Å². The van der Waals surface area contributed by atoms with Crippen LogP contribution in [-0.4, -0.2) is 51.6 Å². The Bertz CT molecular complexity index is 812. The summed E-state index contributed by atoms with van der Waals surface area (Å²) >= 11 is 0. The van der Waals surface area contributed by atoms with Crippen molar-refractivity contribution >= 4 is 5.97 Å². The van der Waals surface area contributed by atoms with E-state index < -0.39 is 6.10 Å². The largest absolute Gasteiger partial charge is 0.462 e. The van der Waals surface area contributed by atoms with Crippen LogP contribution in [0, 0.1) is 39.9 Å². The second-order valence-electron chi connectivity index (χ2n) is 11.1. The molecule has 1 unspecified atom stereocenters. The van der Waals surface area contributed by atoms with E-state index in [0.29, 0.717) is 17.9 Å². The van der Waals surface area contributed by atoms with Crippen molar-refractivity contribution in [3.63, 3.8) is 0 Å². The van der Waals surface area contributed by atoms with Gasteiger partial charge in [-0.1, -0.05) is 19.9 Å². The Labute approximate surface area is 159 Å². The van der Waals surface area contributed by atoms with Gasteiger partial charge in [-0.05, 0) is 48.5 Å². The molecule has 9 rings (SSSR count). The third kappa shape index (κ3) is 1.23. The van der Waals surface area contributed by atoms with Crippen molar-refractivity contribution < 1.29 is 19.7 Å². The third-order valence-corrected chi connectivity index (χ3v) is 10.8. The first-order valence-electron chi connectivity index (χ1n) is 10.8. The summed E-state index contributed by atoms with van der Waals surface area (Å²) in [7, 11) is 0. The van der Waals surface area contributed by atoms with Gasteiger partial charge in [0.15, 0.2) is 0 Å². The molecule has 9 bridgehead atoms. The Morgan fingerprint density at radius 2 is 2.07 bits per heavy atom. The Balaban J connectivity index is 1.49. The van der Waals surface area contributed by atoms with E-state index in [9.17, 15) is 15.0 Å². The van der Waals surface area contributed by atoms with Crippen LogP contribution in [0.1, 0.15) is 46.0 Å². The number of esters is 1. The SMILES string of the molecule is C=C1[C@@H](O)[C@@]23C[C@H]4[C@@H]5[C@@]6(C)CCC[C@@]57[C@@H]2C[C@@H]1[C@H](OC(C)=O)[C@@H]3[C@H]7N4[C@H]6O. The minimum atomic E-state index is -0.478. The van der Waals surface area contributed by atoms with Gasteiger partial charge in [-0.25, -0.2) is 0 Å². The van der Waals surface area contributed by atoms with Crippen molar-refractivity contribution in [2.75, 3.05) is 0 Å². The number of hydrogen-bond donors (Lipinski definition) is 2. The molecule has 6 saturated carbocycles. The Morgan fingerprint density at radius 1 is 1.30 bits per heavy atom. The number of fused-ring (bicyclic) bond motifs is 1. The number of piperidine rings is 2. The second kappa shape index (κ2) is 4.17. The van der Waals surface area contributed by atoms with Gasteiger partial charge in [-0.2, -0.15) is 0 Å². The molecule has 3 aliphatic heterocycles. The van der Waals surface area contributed by atoms with E-state index in [2.05, 4.69) is 18.4 Å². The summed E-state index contributed by atoms with van der Waals surface area (Å²) in [5, 5.41) is 22.8. The van der Waals surface area contributed by atoms with Crippen LogP contribution in [0.4, 0.5) is 0 Å². The quantitative estimate of drug-likeness (QED) is 0.542. The molecule has 2 spiro atoms. The van der Waals surface area contributed by atoms with E-state index in [1.165, 1.54) is 19.8 Å². The second-order valence-corrected chi connectivity index (χ2v) is 11.1. The number of carbonyl (C=O) groups is 1. The van der Waals surface area contributed by atoms with Crippen molar-refractivity contribution in [3.8, 4) is 0 Å². The minimum absolute atomic E-state index is 0.0172. The van der Waals surface area contributed by atoms with E-state index in [-0.39, 0.29) is 52.4 Å². The van der Waals surface area contributed by atoms with Crippen LogP contribution < -0.4 is 0 Å². The summed E-state index contributed by atoms with van der Waals surface area (Å²) in [4.78, 5) is 14.4. The summed E-state index contributed by atoms with van der Waals surface area (Å²) in [5.41, 5.74) is 0.871. The number of carbonyl (C=O) groups excluding carboxylic acids is 1. The summed E-state index contributed by atoms with van der Waals surface area (Å²) in [6.45, 7) is 8.08. The van der Waals surface area contributed by atoms with Gasteiger partial charge >= 0.3 is 5.97 Å². The van der Waals surface area contributed by atoms with Gasteiger partial charge in [0.2, 0.25) is 0 Å². The zero-order chi connectivity index (χ0) is 18.7. The molecule has 146 valence electrons. The minimum Gasteiger partial charge on any atom is -0.462 e. The number of aliphatic hydroxyl groups excluding tert-OH is 2. The Hall–Kier alpha value is -0.910. The van der Waals surface area contributed by atoms with Gasteiger partial charge < -0.3 is 14.9 Å². The van der Waals surface area contributed by atoms with Crippen molar-refractivity contribution in [3.05, 3.63) is 12.2 Å². The fraction of sp³-hybridized carbons (Fsp3) is 0.864. The lowest BCUT2D eigenvalue weighted by Crippen LogP contribution is -2.68. The highest BCUT2D eigenvalue weighted by molar-refractivity contribution is 5.66. The highest BCUT2D eigenvalue weighted by Crippen LogP contribution is 2.87. The number of ether oxygens (including phenoxy) is 1. The summed E-state index contributed by atoms with van der Waals surface area (Å²) in [5.74, 6) is 0.993. The van der Waals surface area contributed by atoms with Gasteiger partial charge in [0.25, 0.3) is 0 Å². The van der Waals surface area contributed by atoms with Crippen molar-refractivity contribution in [2.45, 2.75) is 76.5 Å². The molecule has 9 aliphatic rings. The van der Waals surface area contributed by atoms with Gasteiger partial charge in [-0.15, -0.1) is 0 Å². The van der Waals surface area contributed by atoms with E-state index in [4.69, 9.17) is 4.74 Å². The van der Waals surface area contributed by atoms with Gasteiger partial charge in [-0.3, -0.25) is 9.69 Å². The molecule has 9 fully saturated rings. The number of rotatable bonds is 1. The molecule has 0 aromatic rings. The standard InChI is InChI=1S/C22H29NO4/c1-9-11-7-13-21-6-4-5-20(3)16(21)12-8-22(13,18(9)25)14(15(11)27-10(2)24)17(21)23(12)19(20)26/h11-19,25-26H,1,4-8H2,2-3H3/t11-,12-,13-,14+,15-,16+,17+,18+,19-,20+,21+,22-/m0/s1. The first-order valence-corrected chi connectivity index (χ1v) is 10.8. The number of nitrogens with zero attached hydrogens (tertiary/aromatic N) is 1. The van der Waals surface area contributed by atoms with Crippen LogP contribution in [0.15, 0.2) is 12.2 Å². The fourth-order valence-electron chi connectivity index (χ4n) is 10.8. The molecular formula is C22H29NO4. The molecule has 3 heterocycles. The zero-order valence-corrected chi connectivity index (χ0v) is 16.1. The first kappa shape index (κ1) is 15.9. The van der Waals surface area contributed by atoms with Crippen LogP contribution in [0.2, 0.25) is 0 Å². The molecule has 6 aliphatic carbocycles. The zero-order valence-electron chi connectivity index (χ0n) is 16.1. The van der Waals surface area contributed by atoms with Crippen molar-refractivity contribution in [2.24, 2.45) is 39.9 Å². The number of hydrogen-bond acceptors (Lipinski definition) is 5. The normalized spacial score (nSPS) is 68.7. The smallest absolute Gasteiger partial charge is 0.302 e. The average Bonchev–Trinajstić information content (AvgIpc) is 3.00. The Kier molecular flexibility index (Phi) is 2.46. The van der Waals surface area contributed by atoms with Crippen molar-refractivity contribution in [1.82, 2.24) is 4.90 Å². The molecular weight excluding hydrogens is 342 g/mol.